The lowest BCUT2D eigenvalue weighted by Gasteiger charge is -1.99. The van der Waals surface area contributed by atoms with Crippen molar-refractivity contribution in [2.24, 2.45) is 0 Å². The zero-order chi connectivity index (χ0) is 9.84. The van der Waals surface area contributed by atoms with Crippen molar-refractivity contribution in [2.75, 3.05) is 7.11 Å². The van der Waals surface area contributed by atoms with Gasteiger partial charge in [0, 0.05) is 10.7 Å². The molecule has 1 heterocycles. The SMILES string of the molecule is COC(=O)c1sccc1OS(=O)Cl. The summed E-state index contributed by atoms with van der Waals surface area (Å²) in [5, 5.41) is 1.62. The fraction of sp³-hybridized carbons (Fsp3) is 0.167. The zero-order valence-corrected chi connectivity index (χ0v) is 8.87. The van der Waals surface area contributed by atoms with Crippen LogP contribution in [-0.2, 0) is 15.0 Å². The highest BCUT2D eigenvalue weighted by Gasteiger charge is 2.16. The van der Waals surface area contributed by atoms with E-state index in [1.54, 1.807) is 5.38 Å². The van der Waals surface area contributed by atoms with Gasteiger partial charge in [0.15, 0.2) is 10.6 Å². The molecule has 0 bridgehead atoms. The Morgan fingerprint density at radius 2 is 2.38 bits per heavy atom. The number of thiophene rings is 1. The molecule has 0 aliphatic carbocycles. The number of ether oxygens (including phenoxy) is 1. The van der Waals surface area contributed by atoms with E-state index in [-0.39, 0.29) is 10.6 Å². The molecule has 72 valence electrons. The van der Waals surface area contributed by atoms with Gasteiger partial charge in [0.05, 0.1) is 7.11 Å². The second-order valence-electron chi connectivity index (χ2n) is 1.88. The average molecular weight is 241 g/mol. The molecule has 0 spiro atoms. The number of carbonyl (C=O) groups excluding carboxylic acids is 1. The Morgan fingerprint density at radius 3 is 2.92 bits per heavy atom. The Morgan fingerprint density at radius 1 is 1.69 bits per heavy atom. The molecule has 0 amide bonds. The number of carbonyl (C=O) groups is 1. The van der Waals surface area contributed by atoms with E-state index >= 15 is 0 Å². The van der Waals surface area contributed by atoms with Gasteiger partial charge in [-0.25, -0.2) is 4.79 Å². The Balaban J connectivity index is 2.89. The minimum atomic E-state index is -1.95. The summed E-state index contributed by atoms with van der Waals surface area (Å²) >= 11 is 1.13. The van der Waals surface area contributed by atoms with Crippen LogP contribution in [0.5, 0.6) is 5.75 Å². The quantitative estimate of drug-likeness (QED) is 0.597. The molecule has 0 aromatic carbocycles. The van der Waals surface area contributed by atoms with Gasteiger partial charge in [-0.1, -0.05) is 0 Å². The summed E-state index contributed by atoms with van der Waals surface area (Å²) < 4.78 is 19.6. The number of hydrogen-bond acceptors (Lipinski definition) is 5. The number of halogens is 1. The van der Waals surface area contributed by atoms with Gasteiger partial charge in [-0.05, 0) is 11.4 Å². The molecule has 4 nitrogen and oxygen atoms in total. The lowest BCUT2D eigenvalue weighted by molar-refractivity contribution is 0.0604. The highest BCUT2D eigenvalue weighted by Crippen LogP contribution is 2.26. The van der Waals surface area contributed by atoms with E-state index in [0.29, 0.717) is 0 Å². The Labute approximate surface area is 85.6 Å². The summed E-state index contributed by atoms with van der Waals surface area (Å²) in [6.45, 7) is 0. The summed E-state index contributed by atoms with van der Waals surface area (Å²) in [5.74, 6) is -0.364. The van der Waals surface area contributed by atoms with E-state index in [0.717, 1.165) is 11.3 Å². The third kappa shape index (κ3) is 2.68. The van der Waals surface area contributed by atoms with E-state index in [1.807, 2.05) is 0 Å². The van der Waals surface area contributed by atoms with Crippen LogP contribution in [0.2, 0.25) is 0 Å². The standard InChI is InChI=1S/C6H5ClO4S2/c1-10-6(8)5-4(2-3-12-5)11-13(7)9/h2-3H,1H3. The normalized spacial score (nSPS) is 12.2. The van der Waals surface area contributed by atoms with Crippen LogP contribution in [-0.4, -0.2) is 17.3 Å². The highest BCUT2D eigenvalue weighted by molar-refractivity contribution is 8.04. The molecule has 0 fully saturated rings. The summed E-state index contributed by atoms with van der Waals surface area (Å²) in [4.78, 5) is 11.3. The molecule has 7 heteroatoms. The minimum absolute atomic E-state index is 0.171. The van der Waals surface area contributed by atoms with Gasteiger partial charge in [-0.2, -0.15) is 4.21 Å². The van der Waals surface area contributed by atoms with E-state index < -0.39 is 16.3 Å². The lowest BCUT2D eigenvalue weighted by atomic mass is 10.4. The maximum atomic E-state index is 11.0. The molecule has 1 rings (SSSR count). The van der Waals surface area contributed by atoms with Crippen LogP contribution in [0.15, 0.2) is 11.4 Å². The van der Waals surface area contributed by atoms with Crippen LogP contribution in [0.25, 0.3) is 0 Å². The molecule has 1 unspecified atom stereocenters. The molecule has 1 aromatic rings. The van der Waals surface area contributed by atoms with Crippen LogP contribution in [0.4, 0.5) is 0 Å². The number of esters is 1. The molecule has 0 saturated heterocycles. The topological polar surface area (TPSA) is 52.6 Å². The minimum Gasteiger partial charge on any atom is -0.465 e. The predicted octanol–water partition coefficient (Wildman–Crippen LogP) is 1.73. The molecule has 0 saturated carbocycles. The predicted molar refractivity (Wildman–Crippen MR) is 50.3 cm³/mol. The van der Waals surface area contributed by atoms with Gasteiger partial charge in [0.1, 0.15) is 0 Å². The van der Waals surface area contributed by atoms with Gasteiger partial charge in [0.25, 0.3) is 0 Å². The first-order valence-corrected chi connectivity index (χ1v) is 5.85. The van der Waals surface area contributed by atoms with Crippen molar-refractivity contribution < 1.29 is 17.9 Å². The molecular weight excluding hydrogens is 236 g/mol. The lowest BCUT2D eigenvalue weighted by Crippen LogP contribution is -2.01. The number of hydrogen-bond donors (Lipinski definition) is 0. The van der Waals surface area contributed by atoms with Crippen molar-refractivity contribution >= 4 is 38.3 Å². The van der Waals surface area contributed by atoms with Crippen molar-refractivity contribution in [2.45, 2.75) is 0 Å². The number of rotatable bonds is 3. The molecule has 0 radical (unpaired) electrons. The van der Waals surface area contributed by atoms with Crippen LogP contribution >= 0.6 is 22.0 Å². The molecule has 1 atom stereocenters. The summed E-state index contributed by atoms with van der Waals surface area (Å²) in [7, 11) is 4.39. The van der Waals surface area contributed by atoms with Crippen LogP contribution < -0.4 is 4.18 Å². The second kappa shape index (κ2) is 4.59. The molecule has 0 N–H and O–H groups in total. The number of methoxy groups -OCH3 is 1. The molecule has 0 aliphatic rings. The van der Waals surface area contributed by atoms with Gasteiger partial charge >= 0.3 is 16.3 Å². The van der Waals surface area contributed by atoms with E-state index in [9.17, 15) is 9.00 Å². The highest BCUT2D eigenvalue weighted by atomic mass is 35.7. The maximum Gasteiger partial charge on any atom is 0.351 e. The van der Waals surface area contributed by atoms with E-state index in [1.165, 1.54) is 13.2 Å². The summed E-state index contributed by atoms with van der Waals surface area (Å²) in [6, 6.07) is 1.50. The first-order valence-electron chi connectivity index (χ1n) is 3.07. The first kappa shape index (κ1) is 10.5. The largest absolute Gasteiger partial charge is 0.465 e. The zero-order valence-electron chi connectivity index (χ0n) is 6.48. The Kier molecular flexibility index (Phi) is 3.71. The van der Waals surface area contributed by atoms with Crippen molar-refractivity contribution in [3.63, 3.8) is 0 Å². The van der Waals surface area contributed by atoms with E-state index in [2.05, 4.69) is 8.92 Å². The summed E-state index contributed by atoms with van der Waals surface area (Å²) in [5.41, 5.74) is 0. The average Bonchev–Trinajstić information content (AvgIpc) is 2.50. The van der Waals surface area contributed by atoms with Gasteiger partial charge in [0.2, 0.25) is 0 Å². The first-order chi connectivity index (χ1) is 6.15. The van der Waals surface area contributed by atoms with Crippen molar-refractivity contribution in [3.8, 4) is 5.75 Å². The Bertz CT molecular complexity index is 335. The van der Waals surface area contributed by atoms with Gasteiger partial charge in [-0.15, -0.1) is 11.3 Å². The monoisotopic (exact) mass is 240 g/mol. The Hall–Kier alpha value is -0.590. The molecular formula is C6H5ClO4S2. The molecule has 13 heavy (non-hydrogen) atoms. The van der Waals surface area contributed by atoms with Crippen molar-refractivity contribution in [1.29, 1.82) is 0 Å². The van der Waals surface area contributed by atoms with Crippen LogP contribution in [0, 0.1) is 0 Å². The smallest absolute Gasteiger partial charge is 0.351 e. The molecule has 0 aliphatic heterocycles. The third-order valence-corrected chi connectivity index (χ3v) is 2.53. The summed E-state index contributed by atoms with van der Waals surface area (Å²) in [6.07, 6.45) is 0. The maximum absolute atomic E-state index is 11.0. The fourth-order valence-electron chi connectivity index (χ4n) is 0.675. The molecule has 1 aromatic heterocycles. The fourth-order valence-corrected chi connectivity index (χ4v) is 1.94. The van der Waals surface area contributed by atoms with Crippen LogP contribution in [0.1, 0.15) is 9.67 Å². The van der Waals surface area contributed by atoms with Gasteiger partial charge in [-0.3, -0.25) is 0 Å². The third-order valence-electron chi connectivity index (χ3n) is 1.16. The van der Waals surface area contributed by atoms with Gasteiger partial charge < -0.3 is 8.92 Å². The van der Waals surface area contributed by atoms with Crippen molar-refractivity contribution in [3.05, 3.63) is 16.3 Å². The van der Waals surface area contributed by atoms with Crippen LogP contribution in [0.3, 0.4) is 0 Å². The second-order valence-corrected chi connectivity index (χ2v) is 4.11. The van der Waals surface area contributed by atoms with Crippen molar-refractivity contribution in [1.82, 2.24) is 0 Å². The van der Waals surface area contributed by atoms with E-state index in [4.69, 9.17) is 10.7 Å².